The fourth-order valence-electron chi connectivity index (χ4n) is 4.08. The number of nitrogens with one attached hydrogen (secondary N) is 1. The number of benzene rings is 3. The largest absolute Gasteiger partial charge is 0.349 e. The zero-order chi connectivity index (χ0) is 22.6. The van der Waals surface area contributed by atoms with Gasteiger partial charge in [0.1, 0.15) is 0 Å². The lowest BCUT2D eigenvalue weighted by Gasteiger charge is -2.30. The van der Waals surface area contributed by atoms with Crippen molar-refractivity contribution < 1.29 is 13.2 Å². The molecule has 0 spiro atoms. The van der Waals surface area contributed by atoms with Gasteiger partial charge >= 0.3 is 0 Å². The lowest BCUT2D eigenvalue weighted by atomic mass is 9.96. The summed E-state index contributed by atoms with van der Waals surface area (Å²) in [5.74, 6) is -0.190. The first-order valence-corrected chi connectivity index (χ1v) is 12.4. The molecular formula is C26H28N2O3S. The molecule has 0 aromatic heterocycles. The van der Waals surface area contributed by atoms with Gasteiger partial charge in [-0.15, -0.1) is 0 Å². The fourth-order valence-corrected chi connectivity index (χ4v) is 5.30. The quantitative estimate of drug-likeness (QED) is 0.593. The van der Waals surface area contributed by atoms with Crippen LogP contribution >= 0.6 is 0 Å². The van der Waals surface area contributed by atoms with E-state index in [-0.39, 0.29) is 17.9 Å². The highest BCUT2D eigenvalue weighted by Crippen LogP contribution is 2.24. The highest BCUT2D eigenvalue weighted by molar-refractivity contribution is 7.92. The summed E-state index contributed by atoms with van der Waals surface area (Å²) in [6.07, 6.45) is 2.66. The molecule has 1 unspecified atom stereocenters. The smallest absolute Gasteiger partial charge is 0.236 e. The van der Waals surface area contributed by atoms with Crippen LogP contribution in [0.1, 0.15) is 36.9 Å². The summed E-state index contributed by atoms with van der Waals surface area (Å²) >= 11 is 0. The van der Waals surface area contributed by atoms with E-state index in [0.29, 0.717) is 25.9 Å². The van der Waals surface area contributed by atoms with Gasteiger partial charge in [-0.05, 0) is 53.8 Å². The van der Waals surface area contributed by atoms with E-state index in [4.69, 9.17) is 0 Å². The van der Waals surface area contributed by atoms with Crippen molar-refractivity contribution in [1.82, 2.24) is 9.62 Å². The van der Waals surface area contributed by atoms with Crippen LogP contribution in [0, 0.1) is 5.92 Å². The Morgan fingerprint density at radius 1 is 0.969 bits per heavy atom. The lowest BCUT2D eigenvalue weighted by molar-refractivity contribution is -0.126. The fraction of sp³-hybridized carbons (Fsp3) is 0.269. The molecule has 6 heteroatoms. The van der Waals surface area contributed by atoms with Crippen molar-refractivity contribution in [2.75, 3.05) is 13.1 Å². The molecular weight excluding hydrogens is 420 g/mol. The van der Waals surface area contributed by atoms with Crippen molar-refractivity contribution in [3.05, 3.63) is 89.3 Å². The molecule has 0 aliphatic carbocycles. The Hall–Kier alpha value is -2.96. The standard InChI is InChI=1S/C26H28N2O3S/c1-20(24-12-11-22-9-5-6-10-25(22)19-24)27-26(29)23-13-16-28(17-14-23)32(30,31)18-15-21-7-3-2-4-8-21/h2-12,15,18-20,23H,13-14,16-17H2,1H3,(H,27,29). The first-order valence-electron chi connectivity index (χ1n) is 10.9. The van der Waals surface area contributed by atoms with Crippen molar-refractivity contribution in [2.24, 2.45) is 5.92 Å². The van der Waals surface area contributed by atoms with Gasteiger partial charge in [-0.2, -0.15) is 4.31 Å². The normalized spacial score (nSPS) is 16.9. The first-order chi connectivity index (χ1) is 15.4. The van der Waals surface area contributed by atoms with E-state index in [1.54, 1.807) is 6.08 Å². The number of rotatable bonds is 6. The molecule has 1 N–H and O–H groups in total. The van der Waals surface area contributed by atoms with E-state index >= 15 is 0 Å². The summed E-state index contributed by atoms with van der Waals surface area (Å²) in [7, 11) is -3.50. The van der Waals surface area contributed by atoms with E-state index in [1.165, 1.54) is 15.1 Å². The third-order valence-corrected chi connectivity index (χ3v) is 7.61. The molecule has 0 bridgehead atoms. The Kier molecular flexibility index (Phi) is 6.72. The van der Waals surface area contributed by atoms with Gasteiger partial charge in [-0.3, -0.25) is 4.79 Å². The van der Waals surface area contributed by atoms with Crippen LogP contribution < -0.4 is 5.32 Å². The summed E-state index contributed by atoms with van der Waals surface area (Å²) < 4.78 is 26.7. The third-order valence-electron chi connectivity index (χ3n) is 6.05. The zero-order valence-corrected chi connectivity index (χ0v) is 19.0. The highest BCUT2D eigenvalue weighted by atomic mass is 32.2. The van der Waals surface area contributed by atoms with Crippen molar-refractivity contribution >= 4 is 32.8 Å². The van der Waals surface area contributed by atoms with Crippen LogP contribution in [0.25, 0.3) is 16.8 Å². The number of sulfonamides is 1. The molecule has 4 rings (SSSR count). The van der Waals surface area contributed by atoms with E-state index in [0.717, 1.165) is 16.5 Å². The van der Waals surface area contributed by atoms with E-state index in [9.17, 15) is 13.2 Å². The molecule has 1 heterocycles. The summed E-state index contributed by atoms with van der Waals surface area (Å²) in [5, 5.41) is 6.68. The number of carbonyl (C=O) groups is 1. The number of carbonyl (C=O) groups excluding carboxylic acids is 1. The Labute approximate surface area is 189 Å². The van der Waals surface area contributed by atoms with Crippen LogP contribution in [0.5, 0.6) is 0 Å². The molecule has 32 heavy (non-hydrogen) atoms. The number of fused-ring (bicyclic) bond motifs is 1. The molecule has 1 atom stereocenters. The Balaban J connectivity index is 1.33. The number of hydrogen-bond acceptors (Lipinski definition) is 3. The molecule has 1 amide bonds. The second-order valence-electron chi connectivity index (χ2n) is 8.27. The minimum absolute atomic E-state index is 0.0115. The van der Waals surface area contributed by atoms with Crippen molar-refractivity contribution in [1.29, 1.82) is 0 Å². The SMILES string of the molecule is CC(NC(=O)C1CCN(S(=O)(=O)C=Cc2ccccc2)CC1)c1ccc2ccccc2c1. The lowest BCUT2D eigenvalue weighted by Crippen LogP contribution is -2.42. The minimum atomic E-state index is -3.50. The highest BCUT2D eigenvalue weighted by Gasteiger charge is 2.30. The van der Waals surface area contributed by atoms with Crippen LogP contribution in [-0.4, -0.2) is 31.7 Å². The molecule has 3 aromatic rings. The van der Waals surface area contributed by atoms with Crippen LogP contribution in [0.3, 0.4) is 0 Å². The van der Waals surface area contributed by atoms with Gasteiger partial charge in [-0.1, -0.05) is 66.7 Å². The topological polar surface area (TPSA) is 66.5 Å². The second kappa shape index (κ2) is 9.67. The van der Waals surface area contributed by atoms with Crippen molar-refractivity contribution in [3.63, 3.8) is 0 Å². The molecule has 166 valence electrons. The Bertz CT molecular complexity index is 1210. The van der Waals surface area contributed by atoms with Crippen LogP contribution in [0.15, 0.2) is 78.2 Å². The summed E-state index contributed by atoms with van der Waals surface area (Å²) in [4.78, 5) is 12.8. The Morgan fingerprint density at radius 2 is 1.62 bits per heavy atom. The first kappa shape index (κ1) is 22.2. The molecule has 1 aliphatic heterocycles. The van der Waals surface area contributed by atoms with Crippen LogP contribution in [0.2, 0.25) is 0 Å². The maximum Gasteiger partial charge on any atom is 0.236 e. The summed E-state index contributed by atoms with van der Waals surface area (Å²) in [6, 6.07) is 23.6. The predicted octanol–water partition coefficient (Wildman–Crippen LogP) is 4.73. The summed E-state index contributed by atoms with van der Waals surface area (Å²) in [6.45, 7) is 2.68. The number of piperidine rings is 1. The average Bonchev–Trinajstić information content (AvgIpc) is 2.83. The van der Waals surface area contributed by atoms with Gasteiger partial charge in [0.05, 0.1) is 6.04 Å². The number of nitrogens with zero attached hydrogens (tertiary/aromatic N) is 1. The Morgan fingerprint density at radius 3 is 2.34 bits per heavy atom. The van der Waals surface area contributed by atoms with Gasteiger partial charge in [-0.25, -0.2) is 8.42 Å². The van der Waals surface area contributed by atoms with Crippen molar-refractivity contribution in [2.45, 2.75) is 25.8 Å². The van der Waals surface area contributed by atoms with Gasteiger partial charge < -0.3 is 5.32 Å². The monoisotopic (exact) mass is 448 g/mol. The molecule has 5 nitrogen and oxygen atoms in total. The van der Waals surface area contributed by atoms with Crippen molar-refractivity contribution in [3.8, 4) is 0 Å². The molecule has 0 radical (unpaired) electrons. The van der Waals surface area contributed by atoms with E-state index < -0.39 is 10.0 Å². The van der Waals surface area contributed by atoms with E-state index in [2.05, 4.69) is 29.6 Å². The van der Waals surface area contributed by atoms with Crippen LogP contribution in [0.4, 0.5) is 0 Å². The number of amides is 1. The predicted molar refractivity (Wildman–Crippen MR) is 129 cm³/mol. The second-order valence-corrected chi connectivity index (χ2v) is 10.1. The maximum atomic E-state index is 12.8. The van der Waals surface area contributed by atoms with Gasteiger partial charge in [0.2, 0.25) is 15.9 Å². The average molecular weight is 449 g/mol. The minimum Gasteiger partial charge on any atom is -0.349 e. The number of hydrogen-bond donors (Lipinski definition) is 1. The van der Waals surface area contributed by atoms with Gasteiger partial charge in [0, 0.05) is 24.4 Å². The molecule has 1 saturated heterocycles. The zero-order valence-electron chi connectivity index (χ0n) is 18.1. The van der Waals surface area contributed by atoms with Gasteiger partial charge in [0.25, 0.3) is 0 Å². The van der Waals surface area contributed by atoms with E-state index in [1.807, 2.05) is 55.5 Å². The molecule has 1 aliphatic rings. The third kappa shape index (κ3) is 5.26. The molecule has 1 fully saturated rings. The maximum absolute atomic E-state index is 12.8. The van der Waals surface area contributed by atoms with Gasteiger partial charge in [0.15, 0.2) is 0 Å². The molecule has 0 saturated carbocycles. The molecule has 3 aromatic carbocycles. The summed E-state index contributed by atoms with van der Waals surface area (Å²) in [5.41, 5.74) is 1.90. The van der Waals surface area contributed by atoms with Crippen LogP contribution in [-0.2, 0) is 14.8 Å².